The molecule has 0 aromatic carbocycles. The number of ether oxygens (including phenoxy) is 1. The van der Waals surface area contributed by atoms with Crippen LogP contribution in [0, 0.1) is 19.8 Å². The van der Waals surface area contributed by atoms with Crippen molar-refractivity contribution in [1.82, 2.24) is 15.4 Å². The van der Waals surface area contributed by atoms with Crippen LogP contribution in [0.15, 0.2) is 4.52 Å². The lowest BCUT2D eigenvalue weighted by Gasteiger charge is -2.32. The zero-order valence-corrected chi connectivity index (χ0v) is 13.3. The monoisotopic (exact) mass is 295 g/mol. The van der Waals surface area contributed by atoms with Gasteiger partial charge in [0.1, 0.15) is 5.76 Å². The average Bonchev–Trinajstić information content (AvgIpc) is 2.79. The minimum atomic E-state index is -0.197. The van der Waals surface area contributed by atoms with E-state index in [0.717, 1.165) is 17.0 Å². The van der Waals surface area contributed by atoms with Crippen LogP contribution in [0.25, 0.3) is 0 Å². The number of carbonyl (C=O) groups is 1. The lowest BCUT2D eigenvalue weighted by molar-refractivity contribution is -0.138. The molecule has 1 atom stereocenters. The van der Waals surface area contributed by atoms with Gasteiger partial charge in [0, 0.05) is 25.2 Å². The molecule has 0 aliphatic carbocycles. The number of carbonyl (C=O) groups excluding carboxylic acids is 1. The first-order valence-corrected chi connectivity index (χ1v) is 7.52. The maximum atomic E-state index is 12.6. The summed E-state index contributed by atoms with van der Waals surface area (Å²) in [6.07, 6.45) is 0. The molecule has 1 aromatic rings. The quantitative estimate of drug-likeness (QED) is 0.886. The summed E-state index contributed by atoms with van der Waals surface area (Å²) >= 11 is 0. The number of hydrogen-bond acceptors (Lipinski definition) is 5. The summed E-state index contributed by atoms with van der Waals surface area (Å²) in [5, 5.41) is 7.32. The summed E-state index contributed by atoms with van der Waals surface area (Å²) in [4.78, 5) is 14.5. The molecule has 1 fully saturated rings. The van der Waals surface area contributed by atoms with Crippen LogP contribution < -0.4 is 5.32 Å². The molecule has 0 bridgehead atoms. The van der Waals surface area contributed by atoms with Gasteiger partial charge < -0.3 is 19.5 Å². The van der Waals surface area contributed by atoms with Crippen molar-refractivity contribution < 1.29 is 14.1 Å². The fourth-order valence-electron chi connectivity index (χ4n) is 2.55. The average molecular weight is 295 g/mol. The van der Waals surface area contributed by atoms with Crippen LogP contribution in [0.4, 0.5) is 0 Å². The smallest absolute Gasteiger partial charge is 0.240 e. The van der Waals surface area contributed by atoms with Crippen LogP contribution in [-0.4, -0.2) is 48.3 Å². The minimum absolute atomic E-state index is 0.153. The number of rotatable bonds is 5. The van der Waals surface area contributed by atoms with Gasteiger partial charge in [-0.1, -0.05) is 19.0 Å². The number of nitrogens with zero attached hydrogens (tertiary/aromatic N) is 2. The second-order valence-electron chi connectivity index (χ2n) is 5.84. The van der Waals surface area contributed by atoms with E-state index in [0.29, 0.717) is 32.8 Å². The Kier molecular flexibility index (Phi) is 5.36. The van der Waals surface area contributed by atoms with Gasteiger partial charge in [0.2, 0.25) is 5.91 Å². The van der Waals surface area contributed by atoms with Crippen LogP contribution in [0.5, 0.6) is 0 Å². The van der Waals surface area contributed by atoms with Gasteiger partial charge in [-0.3, -0.25) is 4.79 Å². The van der Waals surface area contributed by atoms with Crippen molar-refractivity contribution in [2.24, 2.45) is 5.92 Å². The molecule has 1 saturated heterocycles. The summed E-state index contributed by atoms with van der Waals surface area (Å²) < 4.78 is 10.5. The Bertz CT molecular complexity index is 459. The minimum Gasteiger partial charge on any atom is -0.378 e. The molecule has 1 aliphatic rings. The van der Waals surface area contributed by atoms with E-state index in [9.17, 15) is 4.79 Å². The van der Waals surface area contributed by atoms with E-state index in [-0.39, 0.29) is 17.9 Å². The van der Waals surface area contributed by atoms with Crippen LogP contribution in [-0.2, 0) is 16.1 Å². The molecule has 6 heteroatoms. The Hall–Kier alpha value is -1.40. The van der Waals surface area contributed by atoms with Crippen molar-refractivity contribution in [2.75, 3.05) is 26.3 Å². The first kappa shape index (κ1) is 16.0. The molecule has 118 valence electrons. The number of hydrogen-bond donors (Lipinski definition) is 1. The fraction of sp³-hybridized carbons (Fsp3) is 0.733. The van der Waals surface area contributed by atoms with E-state index in [1.807, 2.05) is 18.7 Å². The molecule has 0 saturated carbocycles. The molecule has 1 amide bonds. The lowest BCUT2D eigenvalue weighted by atomic mass is 10.0. The fourth-order valence-corrected chi connectivity index (χ4v) is 2.55. The molecule has 21 heavy (non-hydrogen) atoms. The standard InChI is InChI=1S/C15H25N3O3/c1-10(2)14(15(19)18-5-7-20-8-6-18)16-9-13-11(3)17-21-12(13)4/h10,14,16H,5-9H2,1-4H3/t14-/m0/s1. The highest BCUT2D eigenvalue weighted by molar-refractivity contribution is 5.82. The lowest BCUT2D eigenvalue weighted by Crippen LogP contribution is -2.52. The molecule has 1 aliphatic heterocycles. The van der Waals surface area contributed by atoms with Crippen molar-refractivity contribution in [2.45, 2.75) is 40.3 Å². The number of aromatic nitrogens is 1. The molecule has 2 rings (SSSR count). The second kappa shape index (κ2) is 7.04. The summed E-state index contributed by atoms with van der Waals surface area (Å²) in [7, 11) is 0. The maximum absolute atomic E-state index is 12.6. The predicted molar refractivity (Wildman–Crippen MR) is 78.8 cm³/mol. The first-order valence-electron chi connectivity index (χ1n) is 7.52. The zero-order chi connectivity index (χ0) is 15.4. The van der Waals surface area contributed by atoms with Gasteiger partial charge in [-0.25, -0.2) is 0 Å². The van der Waals surface area contributed by atoms with Crippen molar-refractivity contribution in [3.63, 3.8) is 0 Å². The van der Waals surface area contributed by atoms with Gasteiger partial charge in [-0.05, 0) is 19.8 Å². The number of morpholine rings is 1. The van der Waals surface area contributed by atoms with E-state index in [1.165, 1.54) is 0 Å². The van der Waals surface area contributed by atoms with E-state index < -0.39 is 0 Å². The van der Waals surface area contributed by atoms with E-state index >= 15 is 0 Å². The third kappa shape index (κ3) is 3.83. The Balaban J connectivity index is 2.00. The van der Waals surface area contributed by atoms with Crippen LogP contribution in [0.1, 0.15) is 30.9 Å². The summed E-state index contributed by atoms with van der Waals surface area (Å²) in [6.45, 7) is 11.1. The Labute approximate surface area is 125 Å². The normalized spacial score (nSPS) is 17.3. The number of aryl methyl sites for hydroxylation is 2. The van der Waals surface area contributed by atoms with Crippen molar-refractivity contribution in [1.29, 1.82) is 0 Å². The summed E-state index contributed by atoms with van der Waals surface area (Å²) in [5.74, 6) is 1.18. The molecule has 0 unspecified atom stereocenters. The largest absolute Gasteiger partial charge is 0.378 e. The molecular weight excluding hydrogens is 270 g/mol. The van der Waals surface area contributed by atoms with Crippen molar-refractivity contribution >= 4 is 5.91 Å². The van der Waals surface area contributed by atoms with Gasteiger partial charge >= 0.3 is 0 Å². The second-order valence-corrected chi connectivity index (χ2v) is 5.84. The van der Waals surface area contributed by atoms with Crippen molar-refractivity contribution in [3.05, 3.63) is 17.0 Å². The third-order valence-corrected chi connectivity index (χ3v) is 3.94. The van der Waals surface area contributed by atoms with E-state index in [1.54, 1.807) is 0 Å². The highest BCUT2D eigenvalue weighted by Gasteiger charge is 2.28. The summed E-state index contributed by atoms with van der Waals surface area (Å²) in [5.41, 5.74) is 1.91. The summed E-state index contributed by atoms with van der Waals surface area (Å²) in [6, 6.07) is -0.197. The Morgan fingerprint density at radius 1 is 1.33 bits per heavy atom. The van der Waals surface area contributed by atoms with Gasteiger partial charge in [0.25, 0.3) is 0 Å². The van der Waals surface area contributed by atoms with E-state index in [2.05, 4.69) is 24.3 Å². The molecule has 0 spiro atoms. The van der Waals surface area contributed by atoms with Gasteiger partial charge in [-0.15, -0.1) is 0 Å². The molecular formula is C15H25N3O3. The first-order chi connectivity index (χ1) is 10.0. The van der Waals surface area contributed by atoms with Crippen LogP contribution in [0.2, 0.25) is 0 Å². The Morgan fingerprint density at radius 2 is 2.00 bits per heavy atom. The third-order valence-electron chi connectivity index (χ3n) is 3.94. The van der Waals surface area contributed by atoms with Crippen molar-refractivity contribution in [3.8, 4) is 0 Å². The molecule has 1 N–H and O–H groups in total. The van der Waals surface area contributed by atoms with Gasteiger partial charge in [0.05, 0.1) is 24.9 Å². The maximum Gasteiger partial charge on any atom is 0.240 e. The van der Waals surface area contributed by atoms with Crippen LogP contribution >= 0.6 is 0 Å². The Morgan fingerprint density at radius 3 is 2.52 bits per heavy atom. The topological polar surface area (TPSA) is 67.6 Å². The van der Waals surface area contributed by atoms with Crippen LogP contribution in [0.3, 0.4) is 0 Å². The zero-order valence-electron chi connectivity index (χ0n) is 13.3. The van der Waals surface area contributed by atoms with E-state index in [4.69, 9.17) is 9.26 Å². The van der Waals surface area contributed by atoms with Gasteiger partial charge in [0.15, 0.2) is 0 Å². The SMILES string of the molecule is Cc1noc(C)c1CN[C@H](C(=O)N1CCOCC1)C(C)C. The molecule has 0 radical (unpaired) electrons. The number of amides is 1. The molecule has 2 heterocycles. The van der Waals surface area contributed by atoms with Gasteiger partial charge in [-0.2, -0.15) is 0 Å². The molecule has 1 aromatic heterocycles. The molecule has 6 nitrogen and oxygen atoms in total. The highest BCUT2D eigenvalue weighted by atomic mass is 16.5. The highest BCUT2D eigenvalue weighted by Crippen LogP contribution is 2.14. The number of nitrogens with one attached hydrogen (secondary N) is 1. The predicted octanol–water partition coefficient (Wildman–Crippen LogP) is 1.26.